The van der Waals surface area contributed by atoms with Gasteiger partial charge in [-0.3, -0.25) is 0 Å². The minimum atomic E-state index is -0.511. The van der Waals surface area contributed by atoms with Gasteiger partial charge in [0.1, 0.15) is 11.6 Å². The van der Waals surface area contributed by atoms with Crippen LogP contribution in [0.5, 0.6) is 0 Å². The van der Waals surface area contributed by atoms with E-state index in [1.54, 1.807) is 11.3 Å². The van der Waals surface area contributed by atoms with Crippen LogP contribution in [0.3, 0.4) is 0 Å². The lowest BCUT2D eigenvalue weighted by Crippen LogP contribution is -2.19. The lowest BCUT2D eigenvalue weighted by Gasteiger charge is -2.04. The number of halogens is 2. The van der Waals surface area contributed by atoms with Crippen LogP contribution in [0.25, 0.3) is 0 Å². The molecule has 0 aliphatic heterocycles. The van der Waals surface area contributed by atoms with E-state index in [0.717, 1.165) is 25.6 Å². The Kier molecular flexibility index (Phi) is 4.84. The highest BCUT2D eigenvalue weighted by Crippen LogP contribution is 2.09. The molecule has 2 rings (SSSR count). The average Bonchev–Trinajstić information content (AvgIpc) is 2.80. The molecule has 1 aromatic heterocycles. The Morgan fingerprint density at radius 2 is 1.72 bits per heavy atom. The normalized spacial score (nSPS) is 10.8. The highest BCUT2D eigenvalue weighted by Gasteiger charge is 2.00. The van der Waals surface area contributed by atoms with Crippen molar-refractivity contribution in [2.24, 2.45) is 0 Å². The van der Waals surface area contributed by atoms with Crippen LogP contribution in [0.2, 0.25) is 0 Å². The Bertz CT molecular complexity index is 462. The van der Waals surface area contributed by atoms with Crippen molar-refractivity contribution in [3.05, 3.63) is 57.8 Å². The summed E-state index contributed by atoms with van der Waals surface area (Å²) in [7, 11) is 0. The Hall–Kier alpha value is -1.26. The van der Waals surface area contributed by atoms with Gasteiger partial charge in [-0.25, -0.2) is 8.78 Å². The quantitative estimate of drug-likeness (QED) is 0.791. The third-order valence-electron chi connectivity index (χ3n) is 2.64. The smallest absolute Gasteiger partial charge is 0.126 e. The predicted molar refractivity (Wildman–Crippen MR) is 71.0 cm³/mol. The second-order valence-electron chi connectivity index (χ2n) is 4.11. The molecule has 0 unspecified atom stereocenters. The summed E-state index contributed by atoms with van der Waals surface area (Å²) in [6, 6.07) is 7.80. The number of hydrogen-bond acceptors (Lipinski definition) is 2. The van der Waals surface area contributed by atoms with Crippen molar-refractivity contribution in [2.45, 2.75) is 12.8 Å². The summed E-state index contributed by atoms with van der Waals surface area (Å²) < 4.78 is 25.9. The van der Waals surface area contributed by atoms with Crippen molar-refractivity contribution < 1.29 is 8.78 Å². The first kappa shape index (κ1) is 13.2. The van der Waals surface area contributed by atoms with Gasteiger partial charge in [-0.05, 0) is 55.1 Å². The van der Waals surface area contributed by atoms with Crippen molar-refractivity contribution >= 4 is 11.3 Å². The van der Waals surface area contributed by atoms with Crippen LogP contribution in [0.1, 0.15) is 10.4 Å². The maximum absolute atomic E-state index is 12.9. The summed E-state index contributed by atoms with van der Waals surface area (Å²) in [5.41, 5.74) is 0.691. The molecule has 0 aliphatic rings. The molecule has 0 saturated heterocycles. The van der Waals surface area contributed by atoms with Gasteiger partial charge in [0.25, 0.3) is 0 Å². The monoisotopic (exact) mass is 267 g/mol. The molecular formula is C14H15F2NS. The Balaban J connectivity index is 1.68. The number of benzene rings is 1. The third-order valence-corrected chi connectivity index (χ3v) is 3.58. The van der Waals surface area contributed by atoms with Crippen molar-refractivity contribution in [1.82, 2.24) is 5.32 Å². The van der Waals surface area contributed by atoms with E-state index < -0.39 is 11.6 Å². The fraction of sp³-hybridized carbons (Fsp3) is 0.286. The Labute approximate surface area is 109 Å². The lowest BCUT2D eigenvalue weighted by atomic mass is 10.1. The third kappa shape index (κ3) is 4.20. The van der Waals surface area contributed by atoms with Crippen LogP contribution in [0.4, 0.5) is 8.78 Å². The van der Waals surface area contributed by atoms with Crippen LogP contribution in [-0.2, 0) is 12.8 Å². The minimum Gasteiger partial charge on any atom is -0.316 e. The van der Waals surface area contributed by atoms with Gasteiger partial charge in [0.05, 0.1) is 0 Å². The van der Waals surface area contributed by atoms with Crippen LogP contribution in [0.15, 0.2) is 35.7 Å². The van der Waals surface area contributed by atoms with E-state index in [0.29, 0.717) is 12.0 Å². The first-order chi connectivity index (χ1) is 8.74. The fourth-order valence-electron chi connectivity index (χ4n) is 1.78. The second-order valence-corrected chi connectivity index (χ2v) is 5.14. The summed E-state index contributed by atoms with van der Waals surface area (Å²) in [4.78, 5) is 1.35. The van der Waals surface area contributed by atoms with Crippen molar-refractivity contribution in [3.8, 4) is 0 Å². The van der Waals surface area contributed by atoms with E-state index in [9.17, 15) is 8.78 Å². The zero-order chi connectivity index (χ0) is 12.8. The minimum absolute atomic E-state index is 0.511. The Morgan fingerprint density at radius 3 is 2.39 bits per heavy atom. The first-order valence-corrected chi connectivity index (χ1v) is 6.80. The molecule has 4 heteroatoms. The number of rotatable bonds is 6. The van der Waals surface area contributed by atoms with Crippen molar-refractivity contribution in [2.75, 3.05) is 13.1 Å². The molecule has 0 bridgehead atoms. The van der Waals surface area contributed by atoms with Gasteiger partial charge in [-0.2, -0.15) is 0 Å². The van der Waals surface area contributed by atoms with E-state index in [4.69, 9.17) is 0 Å². The molecule has 96 valence electrons. The zero-order valence-electron chi connectivity index (χ0n) is 9.96. The SMILES string of the molecule is Fc1cc(F)cc(CCNCCc2cccs2)c1. The largest absolute Gasteiger partial charge is 0.316 e. The number of nitrogens with one attached hydrogen (secondary N) is 1. The molecule has 0 atom stereocenters. The van der Waals surface area contributed by atoms with Gasteiger partial charge in [0.15, 0.2) is 0 Å². The molecule has 0 radical (unpaired) electrons. The van der Waals surface area contributed by atoms with Crippen molar-refractivity contribution in [3.63, 3.8) is 0 Å². The van der Waals surface area contributed by atoms with Gasteiger partial charge in [-0.1, -0.05) is 6.07 Å². The van der Waals surface area contributed by atoms with E-state index in [1.807, 2.05) is 6.07 Å². The first-order valence-electron chi connectivity index (χ1n) is 5.92. The Morgan fingerprint density at radius 1 is 1.00 bits per heavy atom. The van der Waals surface area contributed by atoms with Crippen LogP contribution >= 0.6 is 11.3 Å². The maximum Gasteiger partial charge on any atom is 0.126 e. The van der Waals surface area contributed by atoms with E-state index >= 15 is 0 Å². The molecule has 18 heavy (non-hydrogen) atoms. The topological polar surface area (TPSA) is 12.0 Å². The van der Waals surface area contributed by atoms with Gasteiger partial charge in [0, 0.05) is 10.9 Å². The summed E-state index contributed by atoms with van der Waals surface area (Å²) in [5, 5.41) is 5.33. The fourth-order valence-corrected chi connectivity index (χ4v) is 2.49. The summed E-state index contributed by atoms with van der Waals surface area (Å²) in [6.07, 6.45) is 1.63. The molecule has 1 aromatic carbocycles. The molecule has 0 fully saturated rings. The standard InChI is InChI=1S/C14H15F2NS/c15-12-8-11(9-13(16)10-12)3-5-17-6-4-14-2-1-7-18-14/h1-2,7-10,17H,3-6H2. The lowest BCUT2D eigenvalue weighted by molar-refractivity contribution is 0.577. The summed E-state index contributed by atoms with van der Waals surface area (Å²) in [6.45, 7) is 1.62. The number of thiophene rings is 1. The summed E-state index contributed by atoms with van der Waals surface area (Å²) >= 11 is 1.74. The van der Waals surface area contributed by atoms with Gasteiger partial charge in [0.2, 0.25) is 0 Å². The average molecular weight is 267 g/mol. The molecule has 0 spiro atoms. The number of hydrogen-bond donors (Lipinski definition) is 1. The van der Waals surface area contributed by atoms with Crippen molar-refractivity contribution in [1.29, 1.82) is 0 Å². The van der Waals surface area contributed by atoms with Crippen LogP contribution in [0, 0.1) is 11.6 Å². The van der Waals surface area contributed by atoms with Crippen LogP contribution in [-0.4, -0.2) is 13.1 Å². The van der Waals surface area contributed by atoms with Gasteiger partial charge < -0.3 is 5.32 Å². The molecule has 2 aromatic rings. The molecular weight excluding hydrogens is 252 g/mol. The molecule has 1 N–H and O–H groups in total. The van der Waals surface area contributed by atoms with E-state index in [-0.39, 0.29) is 0 Å². The van der Waals surface area contributed by atoms with E-state index in [1.165, 1.54) is 17.0 Å². The van der Waals surface area contributed by atoms with Gasteiger partial charge in [-0.15, -0.1) is 11.3 Å². The second kappa shape index (κ2) is 6.61. The highest BCUT2D eigenvalue weighted by atomic mass is 32.1. The predicted octanol–water partition coefficient (Wildman–Crippen LogP) is 3.40. The molecule has 1 heterocycles. The molecule has 1 nitrogen and oxygen atoms in total. The summed E-state index contributed by atoms with van der Waals surface area (Å²) in [5.74, 6) is -1.02. The van der Waals surface area contributed by atoms with Crippen LogP contribution < -0.4 is 5.32 Å². The molecule has 0 saturated carbocycles. The van der Waals surface area contributed by atoms with E-state index in [2.05, 4.69) is 16.8 Å². The van der Waals surface area contributed by atoms with Gasteiger partial charge >= 0.3 is 0 Å². The maximum atomic E-state index is 12.9. The molecule has 0 aliphatic carbocycles. The zero-order valence-corrected chi connectivity index (χ0v) is 10.8. The highest BCUT2D eigenvalue weighted by molar-refractivity contribution is 7.09. The molecule has 0 amide bonds.